The lowest BCUT2D eigenvalue weighted by Gasteiger charge is -2.34. The summed E-state index contributed by atoms with van der Waals surface area (Å²) in [5.41, 5.74) is 3.55. The molecule has 1 aliphatic rings. The molecule has 0 bridgehead atoms. The number of nitrogens with one attached hydrogen (secondary N) is 1. The van der Waals surface area contributed by atoms with Crippen LogP contribution < -0.4 is 10.2 Å². The summed E-state index contributed by atoms with van der Waals surface area (Å²) >= 11 is 1.69. The summed E-state index contributed by atoms with van der Waals surface area (Å²) < 4.78 is 2.95. The predicted molar refractivity (Wildman–Crippen MR) is 128 cm³/mol. The molecule has 164 valence electrons. The van der Waals surface area contributed by atoms with Crippen LogP contribution in [0.5, 0.6) is 0 Å². The van der Waals surface area contributed by atoms with E-state index in [4.69, 9.17) is 4.98 Å². The van der Waals surface area contributed by atoms with Crippen molar-refractivity contribution in [1.29, 1.82) is 0 Å². The lowest BCUT2D eigenvalue weighted by atomic mass is 10.0. The van der Waals surface area contributed by atoms with E-state index in [-0.39, 0.29) is 11.9 Å². The predicted octanol–water partition coefficient (Wildman–Crippen LogP) is 4.28. The molecule has 0 aliphatic carbocycles. The zero-order valence-electron chi connectivity index (χ0n) is 18.3. The van der Waals surface area contributed by atoms with Gasteiger partial charge in [0.2, 0.25) is 0 Å². The van der Waals surface area contributed by atoms with Crippen molar-refractivity contribution in [2.24, 2.45) is 0 Å². The van der Waals surface area contributed by atoms with Gasteiger partial charge in [-0.05, 0) is 62.4 Å². The van der Waals surface area contributed by atoms with Crippen molar-refractivity contribution in [3.63, 3.8) is 0 Å². The normalized spacial score (nSPS) is 16.4. The maximum atomic E-state index is 13.8. The average Bonchev–Trinajstić information content (AvgIpc) is 3.47. The van der Waals surface area contributed by atoms with Gasteiger partial charge >= 0.3 is 0 Å². The number of carbonyl (C=O) groups is 1. The van der Waals surface area contributed by atoms with E-state index < -0.39 is 0 Å². The highest BCUT2D eigenvalue weighted by Gasteiger charge is 2.30. The number of rotatable bonds is 5. The second kappa shape index (κ2) is 8.80. The van der Waals surface area contributed by atoms with Gasteiger partial charge in [-0.1, -0.05) is 17.3 Å². The number of aromatic nitrogens is 4. The van der Waals surface area contributed by atoms with E-state index >= 15 is 0 Å². The fourth-order valence-corrected chi connectivity index (χ4v) is 5.22. The quantitative estimate of drug-likeness (QED) is 0.495. The molecule has 1 amide bonds. The van der Waals surface area contributed by atoms with Crippen LogP contribution >= 0.6 is 11.3 Å². The first-order valence-corrected chi connectivity index (χ1v) is 11.9. The van der Waals surface area contributed by atoms with Crippen LogP contribution in [0.15, 0.2) is 48.1 Å². The molecule has 4 aromatic rings. The van der Waals surface area contributed by atoms with E-state index in [9.17, 15) is 4.79 Å². The Labute approximate surface area is 191 Å². The third-order valence-electron chi connectivity index (χ3n) is 6.02. The average molecular weight is 447 g/mol. The zero-order valence-corrected chi connectivity index (χ0v) is 19.1. The number of aryl methyl sites for hydroxylation is 2. The lowest BCUT2D eigenvalue weighted by molar-refractivity contribution is 0.0972. The maximum absolute atomic E-state index is 13.8. The molecule has 4 heterocycles. The van der Waals surface area contributed by atoms with Crippen LogP contribution in [0.4, 0.5) is 5.82 Å². The van der Waals surface area contributed by atoms with Gasteiger partial charge in [-0.3, -0.25) is 14.4 Å². The van der Waals surface area contributed by atoms with Gasteiger partial charge in [0.1, 0.15) is 11.5 Å². The topological polar surface area (TPSA) is 75.9 Å². The van der Waals surface area contributed by atoms with Gasteiger partial charge in [-0.25, -0.2) is 4.98 Å². The van der Waals surface area contributed by atoms with E-state index in [2.05, 4.69) is 27.9 Å². The Hall–Kier alpha value is -3.10. The lowest BCUT2D eigenvalue weighted by Crippen LogP contribution is -2.49. The summed E-state index contributed by atoms with van der Waals surface area (Å²) in [6.07, 6.45) is 5.72. The largest absolute Gasteiger partial charge is 0.315 e. The molecular formula is C24H26N6OS. The van der Waals surface area contributed by atoms with Gasteiger partial charge in [0.15, 0.2) is 0 Å². The van der Waals surface area contributed by atoms with E-state index in [0.717, 1.165) is 65.2 Å². The third kappa shape index (κ3) is 3.80. The van der Waals surface area contributed by atoms with Gasteiger partial charge in [0, 0.05) is 40.5 Å². The van der Waals surface area contributed by atoms with Crippen LogP contribution in [0.3, 0.4) is 0 Å². The molecule has 5 rings (SSSR count). The molecule has 1 fully saturated rings. The van der Waals surface area contributed by atoms with Crippen LogP contribution in [-0.4, -0.2) is 45.0 Å². The Morgan fingerprint density at radius 2 is 2.12 bits per heavy atom. The van der Waals surface area contributed by atoms with E-state index in [1.807, 2.05) is 54.5 Å². The summed E-state index contributed by atoms with van der Waals surface area (Å²) in [6.45, 7) is 6.64. The Kier molecular flexibility index (Phi) is 5.71. The second-order valence-electron chi connectivity index (χ2n) is 8.14. The van der Waals surface area contributed by atoms with Crippen molar-refractivity contribution >= 4 is 33.1 Å². The Morgan fingerprint density at radius 3 is 2.84 bits per heavy atom. The number of hydrogen-bond acceptors (Lipinski definition) is 6. The molecule has 0 spiro atoms. The molecule has 1 N–H and O–H groups in total. The number of benzene rings is 1. The van der Waals surface area contributed by atoms with Gasteiger partial charge in [0.05, 0.1) is 12.2 Å². The summed E-state index contributed by atoms with van der Waals surface area (Å²) in [5, 5.41) is 15.0. The summed E-state index contributed by atoms with van der Waals surface area (Å²) in [6, 6.07) is 9.74. The number of anilines is 1. The minimum Gasteiger partial charge on any atom is -0.315 e. The molecule has 7 nitrogen and oxygen atoms in total. The summed E-state index contributed by atoms with van der Waals surface area (Å²) in [5.74, 6) is 0.739. The smallest absolute Gasteiger partial charge is 0.259 e. The molecule has 32 heavy (non-hydrogen) atoms. The molecule has 0 unspecified atom stereocenters. The number of fused-ring (bicyclic) bond motifs is 1. The Morgan fingerprint density at radius 1 is 1.28 bits per heavy atom. The molecule has 1 atom stereocenters. The number of carbonyl (C=O) groups excluding carboxylic acids is 1. The summed E-state index contributed by atoms with van der Waals surface area (Å²) in [4.78, 5) is 20.5. The van der Waals surface area contributed by atoms with Crippen molar-refractivity contribution < 1.29 is 4.79 Å². The Balaban J connectivity index is 1.52. The van der Waals surface area contributed by atoms with E-state index in [0.29, 0.717) is 5.56 Å². The molecule has 0 saturated carbocycles. The highest BCUT2D eigenvalue weighted by molar-refractivity contribution is 7.17. The van der Waals surface area contributed by atoms with Gasteiger partial charge in [0.25, 0.3) is 5.91 Å². The third-order valence-corrected chi connectivity index (χ3v) is 7.09. The van der Waals surface area contributed by atoms with Crippen LogP contribution in [-0.2, 0) is 6.54 Å². The fraction of sp³-hybridized carbons (Fsp3) is 0.333. The first-order chi connectivity index (χ1) is 15.7. The number of nitrogens with zero attached hydrogens (tertiary/aromatic N) is 5. The first kappa shape index (κ1) is 20.8. The van der Waals surface area contributed by atoms with Gasteiger partial charge < -0.3 is 5.32 Å². The minimum atomic E-state index is -0.0203. The van der Waals surface area contributed by atoms with Gasteiger partial charge in [-0.2, -0.15) is 0 Å². The van der Waals surface area contributed by atoms with E-state index in [1.54, 1.807) is 16.0 Å². The number of pyridine rings is 1. The number of thiophene rings is 1. The molecular weight excluding hydrogens is 420 g/mol. The molecule has 1 aliphatic heterocycles. The van der Waals surface area contributed by atoms with Crippen molar-refractivity contribution in [2.75, 3.05) is 18.0 Å². The molecule has 8 heteroatoms. The van der Waals surface area contributed by atoms with Crippen molar-refractivity contribution in [3.8, 4) is 11.3 Å². The first-order valence-electron chi connectivity index (χ1n) is 11.0. The second-order valence-corrected chi connectivity index (χ2v) is 9.05. The molecule has 1 saturated heterocycles. The molecule has 0 radical (unpaired) electrons. The van der Waals surface area contributed by atoms with E-state index in [1.165, 1.54) is 0 Å². The standard InChI is InChI=1S/C24H26N6OS/c1-3-29-14-20(27-28-29)17-6-8-18(9-7-17)24(31)30(19-5-4-11-25-13-19)23-22-16(2)15-32-21(22)10-12-26-23/h6-10,12,14-15,19,25H,3-5,11,13H2,1-2H3/t19-/m1/s1. The minimum absolute atomic E-state index is 0.0203. The highest BCUT2D eigenvalue weighted by atomic mass is 32.1. The number of amides is 1. The van der Waals surface area contributed by atoms with Crippen LogP contribution in [0.25, 0.3) is 21.3 Å². The zero-order chi connectivity index (χ0) is 22.1. The Bertz CT molecular complexity index is 1240. The number of piperidine rings is 1. The monoisotopic (exact) mass is 446 g/mol. The van der Waals surface area contributed by atoms with Crippen molar-refractivity contribution in [1.82, 2.24) is 25.3 Å². The fourth-order valence-electron chi connectivity index (χ4n) is 4.29. The van der Waals surface area contributed by atoms with Crippen LogP contribution in [0.1, 0.15) is 35.7 Å². The van der Waals surface area contributed by atoms with Crippen molar-refractivity contribution in [3.05, 3.63) is 59.2 Å². The van der Waals surface area contributed by atoms with Crippen LogP contribution in [0, 0.1) is 6.92 Å². The summed E-state index contributed by atoms with van der Waals surface area (Å²) in [7, 11) is 0. The van der Waals surface area contributed by atoms with Crippen LogP contribution in [0.2, 0.25) is 0 Å². The van der Waals surface area contributed by atoms with Crippen molar-refractivity contribution in [2.45, 2.75) is 39.3 Å². The molecule has 1 aromatic carbocycles. The number of hydrogen-bond donors (Lipinski definition) is 1. The molecule has 3 aromatic heterocycles. The SMILES string of the molecule is CCn1cc(-c2ccc(C(=O)N(c3nccc4scc(C)c34)[C@@H]3CCCNC3)cc2)nn1. The van der Waals surface area contributed by atoms with Gasteiger partial charge in [-0.15, -0.1) is 16.4 Å². The highest BCUT2D eigenvalue weighted by Crippen LogP contribution is 2.35. The maximum Gasteiger partial charge on any atom is 0.259 e.